The Hall–Kier alpha value is -3.45. The van der Waals surface area contributed by atoms with Gasteiger partial charge in [-0.2, -0.15) is 39.5 Å². The lowest BCUT2D eigenvalue weighted by molar-refractivity contribution is -0.151. The molecule has 0 saturated heterocycles. The fourth-order valence-corrected chi connectivity index (χ4v) is 2.57. The van der Waals surface area contributed by atoms with Crippen molar-refractivity contribution >= 4 is 18.0 Å². The largest absolute Gasteiger partial charge is 0.460 e. The van der Waals surface area contributed by atoms with Crippen molar-refractivity contribution in [1.82, 2.24) is 0 Å². The molecule has 0 radical (unpaired) electrons. The van der Waals surface area contributed by atoms with E-state index in [1.54, 1.807) is 6.08 Å². The molecule has 2 unspecified atom stereocenters. The Morgan fingerprint density at radius 3 is 1.49 bits per heavy atom. The second-order valence-corrected chi connectivity index (χ2v) is 9.76. The van der Waals surface area contributed by atoms with Gasteiger partial charge in [0.25, 0.3) is 0 Å². The Morgan fingerprint density at radius 1 is 0.714 bits per heavy atom. The Bertz CT molecular complexity index is 1090. The highest BCUT2D eigenvalue weighted by Gasteiger charge is 2.28. The lowest BCUT2D eigenvalue weighted by Gasteiger charge is -2.12. The van der Waals surface area contributed by atoms with Gasteiger partial charge in [-0.05, 0) is 18.1 Å². The van der Waals surface area contributed by atoms with Crippen molar-refractivity contribution in [3.8, 4) is 0 Å². The minimum atomic E-state index is -4.28. The van der Waals surface area contributed by atoms with E-state index in [0.29, 0.717) is 0 Å². The number of halogens is 9. The summed E-state index contributed by atoms with van der Waals surface area (Å²) in [6, 6.07) is 7.31. The molecule has 0 fully saturated rings. The van der Waals surface area contributed by atoms with E-state index >= 15 is 0 Å². The quantitative estimate of drug-likeness (QED) is 0.0734. The first kappa shape index (κ1) is 47.7. The molecule has 0 saturated carbocycles. The molecular weight excluding hydrogens is 687 g/mol. The molecular formula is C31H41F9O9. The van der Waals surface area contributed by atoms with Gasteiger partial charge < -0.3 is 33.9 Å². The fourth-order valence-electron chi connectivity index (χ4n) is 2.57. The van der Waals surface area contributed by atoms with Crippen LogP contribution in [0.25, 0.3) is 6.08 Å². The third-order valence-corrected chi connectivity index (χ3v) is 5.03. The van der Waals surface area contributed by atoms with E-state index in [4.69, 9.17) is 9.84 Å². The number of benzene rings is 1. The number of aliphatic hydroxyl groups is 2. The van der Waals surface area contributed by atoms with Gasteiger partial charge in [0.1, 0.15) is 25.4 Å². The normalized spacial score (nSPS) is 12.7. The SMILES string of the molecule is C=C(C)C(=O)OCC(O)COCCC(F)(F)F.C=CC(=O)OCC(O)COCCC(F)(F)F.C=Cc1ccc(COCCC(F)(F)F)cc1. The molecule has 0 bridgehead atoms. The highest BCUT2D eigenvalue weighted by atomic mass is 19.4. The van der Waals surface area contributed by atoms with Crippen molar-refractivity contribution in [2.75, 3.05) is 46.2 Å². The van der Waals surface area contributed by atoms with Gasteiger partial charge >= 0.3 is 30.5 Å². The first-order valence-corrected chi connectivity index (χ1v) is 14.2. The average molecular weight is 729 g/mol. The Labute approximate surface area is 277 Å². The number of esters is 2. The first-order chi connectivity index (χ1) is 22.6. The maximum Gasteiger partial charge on any atom is 0.391 e. The molecule has 2 N–H and O–H groups in total. The van der Waals surface area contributed by atoms with Gasteiger partial charge in [-0.1, -0.05) is 50.1 Å². The molecule has 0 aliphatic rings. The number of carbonyl (C=O) groups excluding carboxylic acids is 2. The first-order valence-electron chi connectivity index (χ1n) is 14.2. The van der Waals surface area contributed by atoms with Gasteiger partial charge in [0.05, 0.1) is 58.9 Å². The molecule has 0 aromatic heterocycles. The van der Waals surface area contributed by atoms with Crippen LogP contribution in [0.2, 0.25) is 0 Å². The van der Waals surface area contributed by atoms with Crippen LogP contribution in [0.1, 0.15) is 37.3 Å². The lowest BCUT2D eigenvalue weighted by atomic mass is 10.1. The molecule has 1 aromatic rings. The zero-order chi connectivity index (χ0) is 38.1. The third-order valence-electron chi connectivity index (χ3n) is 5.03. The number of aliphatic hydroxyl groups excluding tert-OH is 2. The summed E-state index contributed by atoms with van der Waals surface area (Å²) in [4.78, 5) is 21.4. The molecule has 282 valence electrons. The standard InChI is InChI=1S/C12H13F3O.C10H15F3O4.C9H13F3O4/c1-2-10-3-5-11(6-4-10)9-16-8-7-12(13,14)15;1-7(2)9(15)17-6-8(14)5-16-4-3-10(11,12)13;1-2-8(14)16-6-7(13)5-15-4-3-9(10,11)12/h2-6H,1,7-9H2;8,14H,1,3-6H2,2H3;2,7,13H,1,3-6H2. The minimum absolute atomic E-state index is 0.176. The predicted molar refractivity (Wildman–Crippen MR) is 159 cm³/mol. The molecule has 9 nitrogen and oxygen atoms in total. The maximum atomic E-state index is 11.8. The van der Waals surface area contributed by atoms with Crippen LogP contribution in [-0.4, -0.2) is 99.1 Å². The van der Waals surface area contributed by atoms with E-state index in [9.17, 15) is 54.2 Å². The monoisotopic (exact) mass is 728 g/mol. The summed E-state index contributed by atoms with van der Waals surface area (Å²) < 4.78 is 129. The highest BCUT2D eigenvalue weighted by Crippen LogP contribution is 2.20. The number of ether oxygens (including phenoxy) is 5. The second-order valence-electron chi connectivity index (χ2n) is 9.76. The molecule has 0 spiro atoms. The Balaban J connectivity index is 0. The molecule has 1 rings (SSSR count). The van der Waals surface area contributed by atoms with E-state index in [0.717, 1.165) is 17.2 Å². The van der Waals surface area contributed by atoms with Crippen molar-refractivity contribution < 1.29 is 83.0 Å². The molecule has 0 heterocycles. The predicted octanol–water partition coefficient (Wildman–Crippen LogP) is 6.28. The number of hydrogen-bond acceptors (Lipinski definition) is 9. The number of rotatable bonds is 19. The van der Waals surface area contributed by atoms with Crippen molar-refractivity contribution in [2.45, 2.75) is 63.5 Å². The van der Waals surface area contributed by atoms with E-state index < -0.39 is 75.2 Å². The van der Waals surface area contributed by atoms with Gasteiger partial charge in [0.15, 0.2) is 0 Å². The van der Waals surface area contributed by atoms with Crippen molar-refractivity contribution in [3.63, 3.8) is 0 Å². The zero-order valence-electron chi connectivity index (χ0n) is 26.7. The van der Waals surface area contributed by atoms with Crippen molar-refractivity contribution in [2.24, 2.45) is 0 Å². The van der Waals surface area contributed by atoms with Gasteiger partial charge in [0, 0.05) is 11.6 Å². The van der Waals surface area contributed by atoms with Crippen LogP contribution < -0.4 is 0 Å². The Kier molecular flexibility index (Phi) is 24.8. The summed E-state index contributed by atoms with van der Waals surface area (Å²) in [5.41, 5.74) is 2.00. The zero-order valence-corrected chi connectivity index (χ0v) is 26.7. The lowest BCUT2D eigenvalue weighted by Crippen LogP contribution is -2.25. The molecule has 2 atom stereocenters. The minimum Gasteiger partial charge on any atom is -0.460 e. The number of hydrogen-bond donors (Lipinski definition) is 2. The third kappa shape index (κ3) is 34.2. The van der Waals surface area contributed by atoms with Crippen LogP contribution in [0.3, 0.4) is 0 Å². The molecule has 1 aromatic carbocycles. The van der Waals surface area contributed by atoms with E-state index in [1.165, 1.54) is 6.92 Å². The van der Waals surface area contributed by atoms with E-state index in [-0.39, 0.29) is 45.2 Å². The second kappa shape index (κ2) is 25.5. The fraction of sp³-hybridized carbons (Fsp3) is 0.548. The van der Waals surface area contributed by atoms with Crippen molar-refractivity contribution in [3.05, 3.63) is 66.8 Å². The van der Waals surface area contributed by atoms with E-state index in [1.807, 2.05) is 24.3 Å². The van der Waals surface area contributed by atoms with Crippen LogP contribution in [0.4, 0.5) is 39.5 Å². The van der Waals surface area contributed by atoms with Crippen LogP contribution >= 0.6 is 0 Å². The Morgan fingerprint density at radius 2 is 1.12 bits per heavy atom. The summed E-state index contributed by atoms with van der Waals surface area (Å²) in [5, 5.41) is 18.3. The topological polar surface area (TPSA) is 121 Å². The number of carbonyl (C=O) groups is 2. The van der Waals surface area contributed by atoms with Gasteiger partial charge in [-0.3, -0.25) is 0 Å². The van der Waals surface area contributed by atoms with Gasteiger partial charge in [0.2, 0.25) is 0 Å². The molecule has 0 aliphatic heterocycles. The summed E-state index contributed by atoms with van der Waals surface area (Å²) in [6.07, 6.45) is -15.4. The summed E-state index contributed by atoms with van der Waals surface area (Å²) in [6.45, 7) is 9.03. The molecule has 49 heavy (non-hydrogen) atoms. The van der Waals surface area contributed by atoms with Gasteiger partial charge in [-0.15, -0.1) is 0 Å². The van der Waals surface area contributed by atoms with Crippen LogP contribution in [-0.2, 0) is 39.9 Å². The van der Waals surface area contributed by atoms with Crippen LogP contribution in [0.15, 0.2) is 55.7 Å². The van der Waals surface area contributed by atoms with Gasteiger partial charge in [-0.25, -0.2) is 9.59 Å². The van der Waals surface area contributed by atoms with Crippen molar-refractivity contribution in [1.29, 1.82) is 0 Å². The van der Waals surface area contributed by atoms with E-state index in [2.05, 4.69) is 38.7 Å². The highest BCUT2D eigenvalue weighted by molar-refractivity contribution is 5.86. The molecule has 18 heteroatoms. The molecule has 0 aliphatic carbocycles. The average Bonchev–Trinajstić information content (AvgIpc) is 3.00. The number of alkyl halides is 9. The van der Waals surface area contributed by atoms with Crippen LogP contribution in [0, 0.1) is 0 Å². The summed E-state index contributed by atoms with van der Waals surface area (Å²) >= 11 is 0. The summed E-state index contributed by atoms with van der Waals surface area (Å²) in [7, 11) is 0. The smallest absolute Gasteiger partial charge is 0.391 e. The summed E-state index contributed by atoms with van der Waals surface area (Å²) in [5.74, 6) is -1.38. The maximum absolute atomic E-state index is 11.8. The molecule has 0 amide bonds. The van der Waals surface area contributed by atoms with Crippen LogP contribution in [0.5, 0.6) is 0 Å².